The molecular weight excluding hydrogens is 259 g/mol. The lowest BCUT2D eigenvalue weighted by molar-refractivity contribution is 0.313. The van der Waals surface area contributed by atoms with Crippen LogP contribution in [0.1, 0.15) is 0 Å². The minimum absolute atomic E-state index is 0.547. The van der Waals surface area contributed by atoms with Crippen LogP contribution in [0.3, 0.4) is 0 Å². The number of halogens is 2. The molecule has 0 N–H and O–H groups in total. The van der Waals surface area contributed by atoms with E-state index < -0.39 is 0 Å². The van der Waals surface area contributed by atoms with Crippen LogP contribution in [-0.2, 0) is 0 Å². The highest BCUT2D eigenvalue weighted by atomic mass is 35.5. The van der Waals surface area contributed by atoms with Gasteiger partial charge in [0.05, 0.1) is 17.2 Å². The third-order valence-corrected chi connectivity index (χ3v) is 3.62. The fourth-order valence-electron chi connectivity index (χ4n) is 1.99. The smallest absolute Gasteiger partial charge is 0.156 e. The summed E-state index contributed by atoms with van der Waals surface area (Å²) in [6, 6.07) is 3.83. The van der Waals surface area contributed by atoms with E-state index in [0.717, 1.165) is 31.9 Å². The Kier molecular flexibility index (Phi) is 4.02. The molecule has 0 aromatic heterocycles. The predicted molar refractivity (Wildman–Crippen MR) is 72.7 cm³/mol. The lowest BCUT2D eigenvalue weighted by Crippen LogP contribution is -2.44. The van der Waals surface area contributed by atoms with Crippen LogP contribution in [0.4, 0.5) is 5.69 Å². The summed E-state index contributed by atoms with van der Waals surface area (Å²) in [7, 11) is 3.70. The molecule has 0 amide bonds. The Morgan fingerprint density at radius 1 is 1.06 bits per heavy atom. The Balaban J connectivity index is 2.22. The molecule has 0 radical (unpaired) electrons. The van der Waals surface area contributed by atoms with Crippen LogP contribution in [0.15, 0.2) is 12.1 Å². The van der Waals surface area contributed by atoms with Crippen molar-refractivity contribution in [3.63, 3.8) is 0 Å². The molecule has 1 aromatic rings. The predicted octanol–water partition coefficient (Wildman–Crippen LogP) is 2.75. The Bertz CT molecular complexity index is 380. The van der Waals surface area contributed by atoms with E-state index in [9.17, 15) is 0 Å². The number of benzene rings is 1. The first-order chi connectivity index (χ1) is 8.11. The number of likely N-dealkylation sites (N-methyl/N-ethyl adjacent to an activating group) is 1. The summed E-state index contributed by atoms with van der Waals surface area (Å²) in [5.41, 5.74) is 1.06. The normalized spacial score (nSPS) is 17.3. The zero-order valence-electron chi connectivity index (χ0n) is 10.0. The molecule has 94 valence electrons. The molecule has 1 aliphatic heterocycles. The highest BCUT2D eigenvalue weighted by molar-refractivity contribution is 6.37. The van der Waals surface area contributed by atoms with Gasteiger partial charge in [-0.1, -0.05) is 23.2 Å². The van der Waals surface area contributed by atoms with Gasteiger partial charge >= 0.3 is 0 Å². The molecular formula is C12H16Cl2N2O. The zero-order chi connectivity index (χ0) is 12.4. The second kappa shape index (κ2) is 5.34. The van der Waals surface area contributed by atoms with E-state index in [2.05, 4.69) is 16.8 Å². The van der Waals surface area contributed by atoms with Crippen LogP contribution in [0.2, 0.25) is 10.0 Å². The Morgan fingerprint density at radius 2 is 1.59 bits per heavy atom. The van der Waals surface area contributed by atoms with Gasteiger partial charge in [0.2, 0.25) is 0 Å². The molecule has 1 aliphatic rings. The summed E-state index contributed by atoms with van der Waals surface area (Å²) in [6.07, 6.45) is 0. The van der Waals surface area contributed by atoms with Gasteiger partial charge in [0.25, 0.3) is 0 Å². The van der Waals surface area contributed by atoms with E-state index in [1.165, 1.54) is 0 Å². The highest BCUT2D eigenvalue weighted by Gasteiger charge is 2.17. The van der Waals surface area contributed by atoms with Gasteiger partial charge in [0.1, 0.15) is 0 Å². The minimum Gasteiger partial charge on any atom is -0.494 e. The zero-order valence-corrected chi connectivity index (χ0v) is 11.6. The number of rotatable bonds is 2. The second-order valence-electron chi connectivity index (χ2n) is 4.23. The molecule has 1 saturated heterocycles. The van der Waals surface area contributed by atoms with Crippen molar-refractivity contribution in [1.29, 1.82) is 0 Å². The maximum Gasteiger partial charge on any atom is 0.156 e. The number of anilines is 1. The SMILES string of the molecule is COc1c(Cl)cc(N2CCN(C)CC2)cc1Cl. The largest absolute Gasteiger partial charge is 0.494 e. The van der Waals surface area contributed by atoms with Crippen molar-refractivity contribution in [2.45, 2.75) is 0 Å². The second-order valence-corrected chi connectivity index (χ2v) is 5.05. The van der Waals surface area contributed by atoms with E-state index in [4.69, 9.17) is 27.9 Å². The number of ether oxygens (including phenoxy) is 1. The first kappa shape index (κ1) is 12.8. The van der Waals surface area contributed by atoms with Crippen molar-refractivity contribution < 1.29 is 4.74 Å². The Morgan fingerprint density at radius 3 is 2.06 bits per heavy atom. The molecule has 3 nitrogen and oxygen atoms in total. The quantitative estimate of drug-likeness (QED) is 0.825. The first-order valence-electron chi connectivity index (χ1n) is 5.58. The van der Waals surface area contributed by atoms with E-state index >= 15 is 0 Å². The molecule has 1 heterocycles. The summed E-state index contributed by atoms with van der Waals surface area (Å²) < 4.78 is 5.14. The van der Waals surface area contributed by atoms with E-state index in [0.29, 0.717) is 15.8 Å². The minimum atomic E-state index is 0.547. The van der Waals surface area contributed by atoms with E-state index in [1.807, 2.05) is 12.1 Å². The fraction of sp³-hybridized carbons (Fsp3) is 0.500. The van der Waals surface area contributed by atoms with Crippen molar-refractivity contribution in [3.8, 4) is 5.75 Å². The van der Waals surface area contributed by atoms with Crippen LogP contribution < -0.4 is 9.64 Å². The van der Waals surface area contributed by atoms with Crippen LogP contribution in [0.5, 0.6) is 5.75 Å². The lowest BCUT2D eigenvalue weighted by atomic mass is 10.2. The van der Waals surface area contributed by atoms with Gasteiger partial charge in [0.15, 0.2) is 5.75 Å². The molecule has 5 heteroatoms. The van der Waals surface area contributed by atoms with Crippen molar-refractivity contribution in [1.82, 2.24) is 4.90 Å². The molecule has 0 saturated carbocycles. The van der Waals surface area contributed by atoms with Gasteiger partial charge in [-0.05, 0) is 19.2 Å². The Labute approximate surface area is 112 Å². The van der Waals surface area contributed by atoms with Crippen LogP contribution in [0.25, 0.3) is 0 Å². The number of hydrogen-bond acceptors (Lipinski definition) is 3. The monoisotopic (exact) mass is 274 g/mol. The molecule has 0 bridgehead atoms. The van der Waals surface area contributed by atoms with Crippen LogP contribution in [-0.4, -0.2) is 45.2 Å². The van der Waals surface area contributed by atoms with Gasteiger partial charge in [0, 0.05) is 31.9 Å². The molecule has 0 spiro atoms. The molecule has 0 atom stereocenters. The van der Waals surface area contributed by atoms with Gasteiger partial charge in [-0.2, -0.15) is 0 Å². The molecule has 0 aliphatic carbocycles. The molecule has 2 rings (SSSR count). The highest BCUT2D eigenvalue weighted by Crippen LogP contribution is 2.37. The van der Waals surface area contributed by atoms with Crippen molar-refractivity contribution in [2.75, 3.05) is 45.2 Å². The maximum atomic E-state index is 6.14. The summed E-state index contributed by atoms with van der Waals surface area (Å²) in [6.45, 7) is 4.10. The van der Waals surface area contributed by atoms with Crippen molar-refractivity contribution in [2.24, 2.45) is 0 Å². The van der Waals surface area contributed by atoms with Crippen LogP contribution >= 0.6 is 23.2 Å². The van der Waals surface area contributed by atoms with Gasteiger partial charge in [-0.15, -0.1) is 0 Å². The number of methoxy groups -OCH3 is 1. The molecule has 0 unspecified atom stereocenters. The topological polar surface area (TPSA) is 15.7 Å². The van der Waals surface area contributed by atoms with Gasteiger partial charge in [-0.25, -0.2) is 0 Å². The summed E-state index contributed by atoms with van der Waals surface area (Å²) >= 11 is 12.3. The molecule has 17 heavy (non-hydrogen) atoms. The van der Waals surface area contributed by atoms with E-state index in [1.54, 1.807) is 7.11 Å². The van der Waals surface area contributed by atoms with E-state index in [-0.39, 0.29) is 0 Å². The third kappa shape index (κ3) is 2.79. The maximum absolute atomic E-state index is 6.14. The first-order valence-corrected chi connectivity index (χ1v) is 6.34. The number of nitrogens with zero attached hydrogens (tertiary/aromatic N) is 2. The fourth-order valence-corrected chi connectivity index (χ4v) is 2.62. The standard InChI is InChI=1S/C12H16Cl2N2O/c1-15-3-5-16(6-4-15)9-7-10(13)12(17-2)11(14)8-9/h7-8H,3-6H2,1-2H3. The van der Waals surface area contributed by atoms with Crippen molar-refractivity contribution in [3.05, 3.63) is 22.2 Å². The third-order valence-electron chi connectivity index (χ3n) is 3.06. The number of hydrogen-bond donors (Lipinski definition) is 0. The Hall–Kier alpha value is -0.640. The summed E-state index contributed by atoms with van der Waals surface area (Å²) in [5.74, 6) is 0.547. The molecule has 1 aromatic carbocycles. The lowest BCUT2D eigenvalue weighted by Gasteiger charge is -2.34. The van der Waals surface area contributed by atoms with Crippen LogP contribution in [0, 0.1) is 0 Å². The summed E-state index contributed by atoms with van der Waals surface area (Å²) in [5, 5.41) is 1.13. The average molecular weight is 275 g/mol. The van der Waals surface area contributed by atoms with Gasteiger partial charge < -0.3 is 14.5 Å². The van der Waals surface area contributed by atoms with Gasteiger partial charge in [-0.3, -0.25) is 0 Å². The average Bonchev–Trinajstić information content (AvgIpc) is 2.29. The number of piperazine rings is 1. The molecule has 1 fully saturated rings. The van der Waals surface area contributed by atoms with Crippen molar-refractivity contribution >= 4 is 28.9 Å². The summed E-state index contributed by atoms with van der Waals surface area (Å²) in [4.78, 5) is 4.60.